The van der Waals surface area contributed by atoms with Crippen molar-refractivity contribution in [1.82, 2.24) is 19.7 Å². The van der Waals surface area contributed by atoms with Crippen molar-refractivity contribution in [2.24, 2.45) is 10.9 Å². The first kappa shape index (κ1) is 26.0. The van der Waals surface area contributed by atoms with Crippen LogP contribution in [0, 0.1) is 5.92 Å². The predicted octanol–water partition coefficient (Wildman–Crippen LogP) is 3.01. The van der Waals surface area contributed by atoms with Gasteiger partial charge in [0.1, 0.15) is 12.2 Å². The van der Waals surface area contributed by atoms with Crippen LogP contribution in [0.1, 0.15) is 30.7 Å². The van der Waals surface area contributed by atoms with Gasteiger partial charge in [-0.2, -0.15) is 0 Å². The highest BCUT2D eigenvalue weighted by atomic mass is 16.3. The van der Waals surface area contributed by atoms with Gasteiger partial charge in [0.25, 0.3) is 0 Å². The monoisotopic (exact) mass is 547 g/mol. The summed E-state index contributed by atoms with van der Waals surface area (Å²) in [5.41, 5.74) is 2.45. The second kappa shape index (κ2) is 10.8. The lowest BCUT2D eigenvalue weighted by Crippen LogP contribution is -2.54. The highest BCUT2D eigenvalue weighted by Crippen LogP contribution is 2.33. The smallest absolute Gasteiger partial charge is 0.226 e. The predicted molar refractivity (Wildman–Crippen MR) is 161 cm³/mol. The fourth-order valence-electron chi connectivity index (χ4n) is 6.93. The van der Waals surface area contributed by atoms with E-state index >= 15 is 0 Å². The molecule has 210 valence electrons. The molecule has 4 heterocycles. The molecule has 2 fully saturated rings. The normalized spacial score (nSPS) is 22.1. The first-order valence-corrected chi connectivity index (χ1v) is 14.8. The maximum atomic E-state index is 13.7. The van der Waals surface area contributed by atoms with Crippen molar-refractivity contribution in [3.63, 3.8) is 0 Å². The van der Waals surface area contributed by atoms with Gasteiger partial charge < -0.3 is 24.8 Å². The summed E-state index contributed by atoms with van der Waals surface area (Å²) in [5, 5.41) is 18.5. The third kappa shape index (κ3) is 5.04. The van der Waals surface area contributed by atoms with Gasteiger partial charge in [0.05, 0.1) is 11.3 Å². The second-order valence-electron chi connectivity index (χ2n) is 11.8. The van der Waals surface area contributed by atoms with Gasteiger partial charge in [-0.25, -0.2) is 4.99 Å². The molecule has 0 aliphatic carbocycles. The van der Waals surface area contributed by atoms with E-state index in [9.17, 15) is 9.90 Å². The number of carbonyl (C=O) groups is 1. The number of piperidine rings is 2. The van der Waals surface area contributed by atoms with Crippen LogP contribution >= 0.6 is 0 Å². The standard InChI is InChI=1S/C34H37N5O2/c40-33(29-13-17-35-21-30(29)26-7-2-1-3-8-26)38-19-15-34(41,16-20-38)23-37-22-27-14-18-39(32(27)36-24-37)31-12-6-10-25-9-4-5-11-28(25)31/h1-12,14,18,22,29-30,35,41H,13,15-17,19-21,23-24H2/t29-,30+/m1/s1. The number of nitrogens with zero attached hydrogens (tertiary/aromatic N) is 4. The number of benzene rings is 3. The molecule has 3 aliphatic rings. The van der Waals surface area contributed by atoms with Crippen molar-refractivity contribution < 1.29 is 9.90 Å². The molecule has 0 saturated carbocycles. The second-order valence-corrected chi connectivity index (χ2v) is 11.8. The van der Waals surface area contributed by atoms with Gasteiger partial charge in [-0.1, -0.05) is 66.7 Å². The highest BCUT2D eigenvalue weighted by Gasteiger charge is 2.39. The van der Waals surface area contributed by atoms with Crippen LogP contribution in [0.2, 0.25) is 0 Å². The summed E-state index contributed by atoms with van der Waals surface area (Å²) in [5.74, 6) is 0.419. The van der Waals surface area contributed by atoms with Crippen molar-refractivity contribution in [3.8, 4) is 5.69 Å². The van der Waals surface area contributed by atoms with Crippen molar-refractivity contribution in [1.29, 1.82) is 0 Å². The first-order valence-electron chi connectivity index (χ1n) is 14.8. The first-order chi connectivity index (χ1) is 20.1. The minimum Gasteiger partial charge on any atom is -0.388 e. The lowest BCUT2D eigenvalue weighted by Gasteiger charge is -2.43. The number of β-amino-alcohol motifs (C(OH)–C–C–N with tert-alkyl or cyclic N) is 1. The minimum atomic E-state index is -0.842. The zero-order chi connectivity index (χ0) is 27.8. The number of carbonyl (C=O) groups excluding carboxylic acids is 1. The molecular formula is C34H37N5O2. The Morgan fingerprint density at radius 2 is 1.76 bits per heavy atom. The van der Waals surface area contributed by atoms with Gasteiger partial charge in [0.15, 0.2) is 0 Å². The molecule has 0 unspecified atom stereocenters. The molecule has 1 amide bonds. The van der Waals surface area contributed by atoms with Gasteiger partial charge in [0.2, 0.25) is 5.91 Å². The Morgan fingerprint density at radius 1 is 0.976 bits per heavy atom. The number of rotatable bonds is 5. The Bertz CT molecular complexity index is 1670. The molecule has 1 aromatic heterocycles. The molecule has 7 rings (SSSR count). The molecule has 2 atom stereocenters. The van der Waals surface area contributed by atoms with Crippen LogP contribution in [0.3, 0.4) is 0 Å². The average Bonchev–Trinajstić information content (AvgIpc) is 3.44. The van der Waals surface area contributed by atoms with Gasteiger partial charge in [-0.3, -0.25) is 4.79 Å². The molecule has 3 aliphatic heterocycles. The summed E-state index contributed by atoms with van der Waals surface area (Å²) in [4.78, 5) is 22.7. The maximum Gasteiger partial charge on any atom is 0.226 e. The molecule has 41 heavy (non-hydrogen) atoms. The molecule has 7 heteroatoms. The van der Waals surface area contributed by atoms with Crippen LogP contribution in [0.25, 0.3) is 22.7 Å². The fraction of sp³-hybridized carbons (Fsp3) is 0.353. The molecule has 2 N–H and O–H groups in total. The van der Waals surface area contributed by atoms with E-state index in [0.717, 1.165) is 35.9 Å². The molecular weight excluding hydrogens is 510 g/mol. The van der Waals surface area contributed by atoms with E-state index in [1.165, 1.54) is 16.3 Å². The third-order valence-corrected chi connectivity index (χ3v) is 9.17. The largest absolute Gasteiger partial charge is 0.388 e. The van der Waals surface area contributed by atoms with Crippen molar-refractivity contribution in [2.45, 2.75) is 30.8 Å². The number of hydrogen-bond donors (Lipinski definition) is 2. The number of fused-ring (bicyclic) bond motifs is 2. The van der Waals surface area contributed by atoms with Crippen LogP contribution < -0.4 is 16.0 Å². The fourth-order valence-corrected chi connectivity index (χ4v) is 6.93. The maximum absolute atomic E-state index is 13.7. The number of aliphatic hydroxyl groups is 1. The highest BCUT2D eigenvalue weighted by molar-refractivity contribution is 5.90. The summed E-state index contributed by atoms with van der Waals surface area (Å²) in [6, 6.07) is 27.3. The van der Waals surface area contributed by atoms with E-state index < -0.39 is 5.60 Å². The Kier molecular flexibility index (Phi) is 6.85. The number of nitrogens with one attached hydrogen (secondary N) is 1. The average molecular weight is 548 g/mol. The van der Waals surface area contributed by atoms with Crippen LogP contribution in [-0.2, 0) is 4.79 Å². The van der Waals surface area contributed by atoms with Gasteiger partial charge in [-0.05, 0) is 48.9 Å². The van der Waals surface area contributed by atoms with E-state index in [1.54, 1.807) is 0 Å². The van der Waals surface area contributed by atoms with Crippen molar-refractivity contribution in [2.75, 3.05) is 39.4 Å². The molecule has 7 nitrogen and oxygen atoms in total. The zero-order valence-electron chi connectivity index (χ0n) is 23.3. The van der Waals surface area contributed by atoms with E-state index in [4.69, 9.17) is 4.99 Å². The molecule has 2 saturated heterocycles. The molecule has 4 aromatic rings. The zero-order valence-corrected chi connectivity index (χ0v) is 23.3. The number of hydrogen-bond acceptors (Lipinski definition) is 5. The SMILES string of the molecule is O=C([C@@H]1CCNC[C@H]1c1ccccc1)N1CCC(O)(CN2C=c3ccn(-c4cccc5ccccc45)c3=NC2)CC1. The summed E-state index contributed by atoms with van der Waals surface area (Å²) in [7, 11) is 0. The summed E-state index contributed by atoms with van der Waals surface area (Å²) < 4.78 is 2.16. The van der Waals surface area contributed by atoms with Crippen molar-refractivity contribution in [3.05, 3.63) is 101 Å². The Hall–Kier alpha value is -3.94. The third-order valence-electron chi connectivity index (χ3n) is 9.17. The summed E-state index contributed by atoms with van der Waals surface area (Å²) >= 11 is 0. The Balaban J connectivity index is 1.03. The van der Waals surface area contributed by atoms with E-state index in [1.807, 2.05) is 11.0 Å². The van der Waals surface area contributed by atoms with Gasteiger partial charge in [0, 0.05) is 61.0 Å². The van der Waals surface area contributed by atoms with E-state index in [-0.39, 0.29) is 17.7 Å². The summed E-state index contributed by atoms with van der Waals surface area (Å²) in [6.45, 7) is 3.90. The molecule has 3 aromatic carbocycles. The number of amides is 1. The lowest BCUT2D eigenvalue weighted by molar-refractivity contribution is -0.141. The van der Waals surface area contributed by atoms with Crippen molar-refractivity contribution >= 4 is 22.9 Å². The molecule has 0 bridgehead atoms. The molecule has 0 radical (unpaired) electrons. The van der Waals surface area contributed by atoms with Crippen LogP contribution in [0.15, 0.2) is 90.1 Å². The van der Waals surface area contributed by atoms with Crippen LogP contribution in [0.4, 0.5) is 0 Å². The number of aromatic nitrogens is 1. The van der Waals surface area contributed by atoms with Gasteiger partial charge >= 0.3 is 0 Å². The summed E-state index contributed by atoms with van der Waals surface area (Å²) in [6.07, 6.45) is 6.21. The Morgan fingerprint density at radius 3 is 2.61 bits per heavy atom. The van der Waals surface area contributed by atoms with Crippen LogP contribution in [0.5, 0.6) is 0 Å². The Labute approximate surface area is 240 Å². The lowest BCUT2D eigenvalue weighted by atomic mass is 9.80. The topological polar surface area (TPSA) is 73.1 Å². The quantitative estimate of drug-likeness (QED) is 0.403. The van der Waals surface area contributed by atoms with E-state index in [0.29, 0.717) is 39.1 Å². The molecule has 0 spiro atoms. The van der Waals surface area contributed by atoms with Gasteiger partial charge in [-0.15, -0.1) is 0 Å². The van der Waals surface area contributed by atoms with Crippen LogP contribution in [-0.4, -0.2) is 70.4 Å². The minimum absolute atomic E-state index is 0.0109. The number of likely N-dealkylation sites (tertiary alicyclic amines) is 1. The van der Waals surface area contributed by atoms with E-state index in [2.05, 4.69) is 100.0 Å².